The Bertz CT molecular complexity index is 900. The molecule has 0 atom stereocenters. The first-order valence-electron chi connectivity index (χ1n) is 9.16. The van der Waals surface area contributed by atoms with Crippen LogP contribution in [0.2, 0.25) is 5.02 Å². The van der Waals surface area contributed by atoms with Crippen LogP contribution in [0.3, 0.4) is 0 Å². The van der Waals surface area contributed by atoms with Crippen LogP contribution in [0.5, 0.6) is 5.75 Å². The lowest BCUT2D eigenvalue weighted by atomic mass is 10.3. The van der Waals surface area contributed by atoms with Crippen molar-refractivity contribution in [2.24, 2.45) is 0 Å². The Kier molecular flexibility index (Phi) is 8.31. The molecule has 0 aliphatic carbocycles. The largest absolute Gasteiger partial charge is 0.494 e. The van der Waals surface area contributed by atoms with Crippen LogP contribution in [0, 0.1) is 0 Å². The summed E-state index contributed by atoms with van der Waals surface area (Å²) in [5, 5.41) is 3.17. The molecule has 29 heavy (non-hydrogen) atoms. The minimum absolute atomic E-state index is 0.0527. The average Bonchev–Trinajstić information content (AvgIpc) is 2.67. The van der Waals surface area contributed by atoms with Crippen LogP contribution in [0.15, 0.2) is 53.4 Å². The van der Waals surface area contributed by atoms with E-state index in [9.17, 15) is 13.2 Å². The molecule has 1 amide bonds. The minimum Gasteiger partial charge on any atom is -0.494 e. The Balaban J connectivity index is 2.31. The minimum atomic E-state index is -3.97. The number of rotatable bonds is 10. The number of benzene rings is 2. The number of nitrogens with zero attached hydrogens (tertiary/aromatic N) is 2. The van der Waals surface area contributed by atoms with Crippen molar-refractivity contribution in [3.63, 3.8) is 0 Å². The molecule has 1 N–H and O–H groups in total. The molecule has 0 heterocycles. The molecule has 0 bridgehead atoms. The van der Waals surface area contributed by atoms with Crippen LogP contribution in [0.4, 0.5) is 5.69 Å². The van der Waals surface area contributed by atoms with E-state index in [1.165, 1.54) is 24.3 Å². The fourth-order valence-electron chi connectivity index (χ4n) is 2.53. The fraction of sp³-hybridized carbons (Fsp3) is 0.350. The van der Waals surface area contributed by atoms with Crippen LogP contribution in [-0.4, -0.2) is 59.6 Å². The topological polar surface area (TPSA) is 79.0 Å². The molecule has 2 rings (SSSR count). The molecule has 0 saturated carbocycles. The van der Waals surface area contributed by atoms with Crippen molar-refractivity contribution in [2.45, 2.75) is 11.8 Å². The molecule has 9 heteroatoms. The quantitative estimate of drug-likeness (QED) is 0.615. The molecule has 2 aromatic rings. The van der Waals surface area contributed by atoms with Crippen molar-refractivity contribution >= 4 is 33.2 Å². The number of likely N-dealkylation sites (N-methyl/N-ethyl adjacent to an activating group) is 1. The lowest BCUT2D eigenvalue weighted by Crippen LogP contribution is -2.42. The van der Waals surface area contributed by atoms with E-state index < -0.39 is 15.9 Å². The van der Waals surface area contributed by atoms with Crippen molar-refractivity contribution in [2.75, 3.05) is 44.6 Å². The third-order valence-electron chi connectivity index (χ3n) is 4.01. The first kappa shape index (κ1) is 23.0. The van der Waals surface area contributed by atoms with E-state index in [2.05, 4.69) is 5.32 Å². The van der Waals surface area contributed by atoms with E-state index in [4.69, 9.17) is 16.3 Å². The second kappa shape index (κ2) is 10.5. The van der Waals surface area contributed by atoms with Gasteiger partial charge >= 0.3 is 0 Å². The molecule has 0 unspecified atom stereocenters. The molecule has 0 radical (unpaired) electrons. The van der Waals surface area contributed by atoms with Crippen LogP contribution >= 0.6 is 11.6 Å². The van der Waals surface area contributed by atoms with Crippen LogP contribution in [0.25, 0.3) is 0 Å². The predicted octanol–water partition coefficient (Wildman–Crippen LogP) is 2.61. The van der Waals surface area contributed by atoms with E-state index in [1.54, 1.807) is 24.3 Å². The van der Waals surface area contributed by atoms with Gasteiger partial charge in [0.05, 0.1) is 17.2 Å². The van der Waals surface area contributed by atoms with Gasteiger partial charge in [0.15, 0.2) is 0 Å². The number of sulfonamides is 1. The van der Waals surface area contributed by atoms with Crippen molar-refractivity contribution in [1.29, 1.82) is 0 Å². The molecule has 7 nitrogen and oxygen atoms in total. The van der Waals surface area contributed by atoms with E-state index in [0.29, 0.717) is 36.2 Å². The van der Waals surface area contributed by atoms with E-state index in [0.717, 1.165) is 4.31 Å². The molecule has 0 aromatic heterocycles. The van der Waals surface area contributed by atoms with E-state index >= 15 is 0 Å². The van der Waals surface area contributed by atoms with Crippen molar-refractivity contribution in [3.05, 3.63) is 53.6 Å². The molecular formula is C20H26ClN3O4S. The van der Waals surface area contributed by atoms with Gasteiger partial charge < -0.3 is 15.0 Å². The van der Waals surface area contributed by atoms with Gasteiger partial charge in [-0.15, -0.1) is 0 Å². The van der Waals surface area contributed by atoms with Gasteiger partial charge in [0, 0.05) is 18.1 Å². The summed E-state index contributed by atoms with van der Waals surface area (Å²) in [6.45, 7) is 3.10. The summed E-state index contributed by atoms with van der Waals surface area (Å²) in [5.41, 5.74) is 0.367. The highest BCUT2D eigenvalue weighted by atomic mass is 35.5. The molecular weight excluding hydrogens is 414 g/mol. The number of carbonyl (C=O) groups excluding carboxylic acids is 1. The van der Waals surface area contributed by atoms with Gasteiger partial charge in [-0.1, -0.05) is 11.6 Å². The number of carbonyl (C=O) groups is 1. The predicted molar refractivity (Wildman–Crippen MR) is 115 cm³/mol. The highest BCUT2D eigenvalue weighted by Crippen LogP contribution is 2.26. The highest BCUT2D eigenvalue weighted by Gasteiger charge is 2.27. The molecule has 0 saturated heterocycles. The lowest BCUT2D eigenvalue weighted by Gasteiger charge is -2.24. The standard InChI is InChI=1S/C20H26ClN3O4S/c1-4-28-18-9-7-17(8-10-18)24(15-20(25)22-13-14-23(2)3)29(26,27)19-11-5-16(21)6-12-19/h5-12H,4,13-15H2,1-3H3,(H,22,25). The van der Waals surface area contributed by atoms with Crippen LogP contribution < -0.4 is 14.4 Å². The highest BCUT2D eigenvalue weighted by molar-refractivity contribution is 7.92. The van der Waals surface area contributed by atoms with Gasteiger partial charge in [0.25, 0.3) is 10.0 Å². The zero-order valence-electron chi connectivity index (χ0n) is 16.8. The summed E-state index contributed by atoms with van der Waals surface area (Å²) in [6, 6.07) is 12.4. The van der Waals surface area contributed by atoms with E-state index in [-0.39, 0.29) is 11.4 Å². The second-order valence-electron chi connectivity index (χ2n) is 6.55. The Morgan fingerprint density at radius 3 is 2.24 bits per heavy atom. The molecule has 0 aliphatic rings. The second-order valence-corrected chi connectivity index (χ2v) is 8.84. The molecule has 2 aromatic carbocycles. The van der Waals surface area contributed by atoms with Crippen molar-refractivity contribution in [1.82, 2.24) is 10.2 Å². The molecule has 0 aliphatic heterocycles. The summed E-state index contributed by atoms with van der Waals surface area (Å²) in [7, 11) is -0.185. The maximum absolute atomic E-state index is 13.2. The molecule has 0 spiro atoms. The molecule has 0 fully saturated rings. The first-order valence-corrected chi connectivity index (χ1v) is 11.0. The monoisotopic (exact) mass is 439 g/mol. The lowest BCUT2D eigenvalue weighted by molar-refractivity contribution is -0.119. The number of hydrogen-bond donors (Lipinski definition) is 1. The van der Waals surface area contributed by atoms with Crippen LogP contribution in [0.1, 0.15) is 6.92 Å². The first-order chi connectivity index (χ1) is 13.7. The van der Waals surface area contributed by atoms with Gasteiger partial charge in [-0.2, -0.15) is 0 Å². The van der Waals surface area contributed by atoms with Crippen molar-refractivity contribution < 1.29 is 17.9 Å². The van der Waals surface area contributed by atoms with Gasteiger partial charge in [-0.3, -0.25) is 9.10 Å². The van der Waals surface area contributed by atoms with Gasteiger partial charge in [-0.25, -0.2) is 8.42 Å². The zero-order valence-corrected chi connectivity index (χ0v) is 18.3. The average molecular weight is 440 g/mol. The number of ether oxygens (including phenoxy) is 1. The van der Waals surface area contributed by atoms with Crippen molar-refractivity contribution in [3.8, 4) is 5.75 Å². The summed E-state index contributed by atoms with van der Waals surface area (Å²) < 4.78 is 33.0. The summed E-state index contributed by atoms with van der Waals surface area (Å²) in [5.74, 6) is 0.230. The van der Waals surface area contributed by atoms with Gasteiger partial charge in [0.1, 0.15) is 12.3 Å². The zero-order chi connectivity index (χ0) is 21.4. The summed E-state index contributed by atoms with van der Waals surface area (Å²) in [4.78, 5) is 14.4. The van der Waals surface area contributed by atoms with Crippen LogP contribution in [-0.2, 0) is 14.8 Å². The smallest absolute Gasteiger partial charge is 0.264 e. The normalized spacial score (nSPS) is 11.3. The number of amides is 1. The number of halogens is 1. The van der Waals surface area contributed by atoms with E-state index in [1.807, 2.05) is 25.9 Å². The molecule has 158 valence electrons. The Hall–Kier alpha value is -2.29. The maximum Gasteiger partial charge on any atom is 0.264 e. The van der Waals surface area contributed by atoms with Gasteiger partial charge in [-0.05, 0) is 69.6 Å². The Morgan fingerprint density at radius 2 is 1.69 bits per heavy atom. The fourth-order valence-corrected chi connectivity index (χ4v) is 4.08. The number of hydrogen-bond acceptors (Lipinski definition) is 5. The SMILES string of the molecule is CCOc1ccc(N(CC(=O)NCCN(C)C)S(=O)(=O)c2ccc(Cl)cc2)cc1. The Morgan fingerprint density at radius 1 is 1.07 bits per heavy atom. The third kappa shape index (κ3) is 6.62. The third-order valence-corrected chi connectivity index (χ3v) is 6.05. The van der Waals surface area contributed by atoms with Gasteiger partial charge in [0.2, 0.25) is 5.91 Å². The number of anilines is 1. The summed E-state index contributed by atoms with van der Waals surface area (Å²) in [6.07, 6.45) is 0. The number of nitrogens with one attached hydrogen (secondary N) is 1. The Labute approximate surface area is 177 Å². The summed E-state index contributed by atoms with van der Waals surface area (Å²) >= 11 is 5.88. The maximum atomic E-state index is 13.2.